The Morgan fingerprint density at radius 3 is 2.81 bits per heavy atom. The molecule has 0 saturated carbocycles. The summed E-state index contributed by atoms with van der Waals surface area (Å²) >= 11 is 0. The van der Waals surface area contributed by atoms with Gasteiger partial charge in [-0.2, -0.15) is 4.98 Å². The molecule has 108 valence electrons. The fraction of sp³-hybridized carbons (Fsp3) is 0.429. The SMILES string of the molecule is Cc1cc(Cc2noc(-c3noc4c3CCCC4)n2)no1. The maximum atomic E-state index is 5.37. The molecule has 0 saturated heterocycles. The van der Waals surface area contributed by atoms with Crippen LogP contribution in [0.25, 0.3) is 11.6 Å². The summed E-state index contributed by atoms with van der Waals surface area (Å²) in [5, 5.41) is 12.0. The maximum Gasteiger partial charge on any atom is 0.280 e. The van der Waals surface area contributed by atoms with Crippen LogP contribution in [0.4, 0.5) is 0 Å². The van der Waals surface area contributed by atoms with Crippen molar-refractivity contribution in [2.45, 2.75) is 39.0 Å². The van der Waals surface area contributed by atoms with Crippen molar-refractivity contribution in [1.82, 2.24) is 20.5 Å². The first kappa shape index (κ1) is 12.3. The van der Waals surface area contributed by atoms with Gasteiger partial charge in [-0.15, -0.1) is 0 Å². The molecule has 0 aromatic carbocycles. The standard InChI is InChI=1S/C14H14N4O3/c1-8-6-9(16-19-8)7-12-15-14(21-17-12)13-10-4-2-3-5-11(10)20-18-13/h6H,2-5,7H2,1H3. The number of aryl methyl sites for hydroxylation is 2. The molecule has 7 heteroatoms. The van der Waals surface area contributed by atoms with Crippen LogP contribution < -0.4 is 0 Å². The minimum absolute atomic E-state index is 0.414. The number of nitrogens with zero attached hydrogens (tertiary/aromatic N) is 4. The molecule has 0 amide bonds. The van der Waals surface area contributed by atoms with E-state index in [0.717, 1.165) is 48.5 Å². The van der Waals surface area contributed by atoms with Crippen LogP contribution in [-0.2, 0) is 19.3 Å². The topological polar surface area (TPSA) is 91.0 Å². The van der Waals surface area contributed by atoms with Gasteiger partial charge >= 0.3 is 0 Å². The van der Waals surface area contributed by atoms with Gasteiger partial charge in [0, 0.05) is 18.1 Å². The summed E-state index contributed by atoms with van der Waals surface area (Å²) < 4.78 is 15.7. The molecular formula is C14H14N4O3. The van der Waals surface area contributed by atoms with Gasteiger partial charge in [-0.1, -0.05) is 15.5 Å². The van der Waals surface area contributed by atoms with Gasteiger partial charge in [0.2, 0.25) is 0 Å². The predicted octanol–water partition coefficient (Wildman–Crippen LogP) is 2.49. The van der Waals surface area contributed by atoms with E-state index in [1.54, 1.807) is 0 Å². The highest BCUT2D eigenvalue weighted by Crippen LogP contribution is 2.30. The molecule has 0 spiro atoms. The van der Waals surface area contributed by atoms with E-state index in [0.29, 0.717) is 23.8 Å². The van der Waals surface area contributed by atoms with Crippen molar-refractivity contribution in [3.63, 3.8) is 0 Å². The van der Waals surface area contributed by atoms with Crippen LogP contribution in [0.3, 0.4) is 0 Å². The smallest absolute Gasteiger partial charge is 0.280 e. The molecule has 3 aromatic rings. The molecule has 0 atom stereocenters. The van der Waals surface area contributed by atoms with Crippen LogP contribution in [-0.4, -0.2) is 20.5 Å². The van der Waals surface area contributed by atoms with E-state index in [2.05, 4.69) is 20.5 Å². The van der Waals surface area contributed by atoms with Crippen LogP contribution in [0.1, 0.15) is 41.4 Å². The lowest BCUT2D eigenvalue weighted by molar-refractivity contribution is 0.369. The van der Waals surface area contributed by atoms with Crippen LogP contribution in [0.5, 0.6) is 0 Å². The molecule has 1 aliphatic rings. The largest absolute Gasteiger partial charge is 0.361 e. The van der Waals surface area contributed by atoms with Crippen molar-refractivity contribution in [1.29, 1.82) is 0 Å². The highest BCUT2D eigenvalue weighted by atomic mass is 16.5. The van der Waals surface area contributed by atoms with Gasteiger partial charge in [-0.25, -0.2) is 0 Å². The van der Waals surface area contributed by atoms with E-state index < -0.39 is 0 Å². The number of rotatable bonds is 3. The van der Waals surface area contributed by atoms with Gasteiger partial charge < -0.3 is 13.6 Å². The Morgan fingerprint density at radius 2 is 1.95 bits per heavy atom. The predicted molar refractivity (Wildman–Crippen MR) is 70.5 cm³/mol. The quantitative estimate of drug-likeness (QED) is 0.730. The Kier molecular flexibility index (Phi) is 2.83. The first-order chi connectivity index (χ1) is 10.3. The Morgan fingerprint density at radius 1 is 1.05 bits per heavy atom. The molecule has 7 nitrogen and oxygen atoms in total. The lowest BCUT2D eigenvalue weighted by Crippen LogP contribution is -2.00. The van der Waals surface area contributed by atoms with E-state index in [1.165, 1.54) is 0 Å². The minimum Gasteiger partial charge on any atom is -0.361 e. The molecule has 3 aromatic heterocycles. The molecule has 4 rings (SSSR count). The molecule has 0 unspecified atom stereocenters. The van der Waals surface area contributed by atoms with Gasteiger partial charge in [0.15, 0.2) is 11.5 Å². The Bertz CT molecular complexity index is 771. The summed E-state index contributed by atoms with van der Waals surface area (Å²) in [6.07, 6.45) is 4.64. The van der Waals surface area contributed by atoms with Crippen LogP contribution in [0.2, 0.25) is 0 Å². The zero-order chi connectivity index (χ0) is 14.2. The molecular weight excluding hydrogens is 272 g/mol. The monoisotopic (exact) mass is 286 g/mol. The van der Waals surface area contributed by atoms with Crippen LogP contribution in [0, 0.1) is 6.92 Å². The Balaban J connectivity index is 1.61. The molecule has 1 aliphatic carbocycles. The fourth-order valence-corrected chi connectivity index (χ4v) is 2.64. The van der Waals surface area contributed by atoms with Gasteiger partial charge in [-0.3, -0.25) is 0 Å². The zero-order valence-corrected chi connectivity index (χ0v) is 11.6. The second kappa shape index (κ2) is 4.83. The lowest BCUT2D eigenvalue weighted by Gasteiger charge is -2.07. The third kappa shape index (κ3) is 2.24. The minimum atomic E-state index is 0.414. The molecule has 3 heterocycles. The Labute approximate surface area is 120 Å². The van der Waals surface area contributed by atoms with Crippen molar-refractivity contribution >= 4 is 0 Å². The molecule has 0 radical (unpaired) electrons. The zero-order valence-electron chi connectivity index (χ0n) is 11.6. The summed E-state index contributed by atoms with van der Waals surface area (Å²) in [6.45, 7) is 1.85. The van der Waals surface area contributed by atoms with Gasteiger partial charge in [0.05, 0.1) is 12.1 Å². The lowest BCUT2D eigenvalue weighted by atomic mass is 9.96. The molecule has 21 heavy (non-hydrogen) atoms. The van der Waals surface area contributed by atoms with Crippen LogP contribution >= 0.6 is 0 Å². The second-order valence-corrected chi connectivity index (χ2v) is 5.26. The van der Waals surface area contributed by atoms with E-state index in [9.17, 15) is 0 Å². The van der Waals surface area contributed by atoms with Gasteiger partial charge in [0.25, 0.3) is 5.89 Å². The van der Waals surface area contributed by atoms with Crippen molar-refractivity contribution in [3.05, 3.63) is 34.7 Å². The molecule has 0 fully saturated rings. The normalized spacial score (nSPS) is 14.3. The number of hydrogen-bond acceptors (Lipinski definition) is 7. The van der Waals surface area contributed by atoms with Gasteiger partial charge in [0.1, 0.15) is 11.5 Å². The van der Waals surface area contributed by atoms with Crippen molar-refractivity contribution < 1.29 is 13.6 Å². The highest BCUT2D eigenvalue weighted by molar-refractivity contribution is 5.54. The summed E-state index contributed by atoms with van der Waals surface area (Å²) in [5.41, 5.74) is 2.57. The van der Waals surface area contributed by atoms with E-state index in [1.807, 2.05) is 13.0 Å². The van der Waals surface area contributed by atoms with Crippen molar-refractivity contribution in [2.75, 3.05) is 0 Å². The number of fused-ring (bicyclic) bond motifs is 1. The maximum absolute atomic E-state index is 5.37. The first-order valence-electron chi connectivity index (χ1n) is 7.02. The average molecular weight is 286 g/mol. The third-order valence-corrected chi connectivity index (χ3v) is 3.64. The van der Waals surface area contributed by atoms with Crippen LogP contribution in [0.15, 0.2) is 19.6 Å². The first-order valence-corrected chi connectivity index (χ1v) is 7.02. The second-order valence-electron chi connectivity index (χ2n) is 5.26. The third-order valence-electron chi connectivity index (χ3n) is 3.64. The molecule has 0 N–H and O–H groups in total. The van der Waals surface area contributed by atoms with E-state index >= 15 is 0 Å². The fourth-order valence-electron chi connectivity index (χ4n) is 2.64. The summed E-state index contributed by atoms with van der Waals surface area (Å²) in [7, 11) is 0. The van der Waals surface area contributed by atoms with E-state index in [-0.39, 0.29) is 0 Å². The number of aromatic nitrogens is 4. The summed E-state index contributed by atoms with van der Waals surface area (Å²) in [4.78, 5) is 4.38. The van der Waals surface area contributed by atoms with Crippen molar-refractivity contribution in [3.8, 4) is 11.6 Å². The summed E-state index contributed by atoms with van der Waals surface area (Å²) in [5.74, 6) is 2.69. The highest BCUT2D eigenvalue weighted by Gasteiger charge is 2.24. The van der Waals surface area contributed by atoms with E-state index in [4.69, 9.17) is 13.6 Å². The van der Waals surface area contributed by atoms with Crippen molar-refractivity contribution in [2.24, 2.45) is 0 Å². The molecule has 0 aliphatic heterocycles. The molecule has 0 bridgehead atoms. The van der Waals surface area contributed by atoms with Gasteiger partial charge in [-0.05, 0) is 26.2 Å². The number of hydrogen-bond donors (Lipinski definition) is 0. The summed E-state index contributed by atoms with van der Waals surface area (Å²) in [6, 6.07) is 1.86. The average Bonchev–Trinajstić information content (AvgIpc) is 3.19. The Hall–Kier alpha value is -2.44.